The average Bonchev–Trinajstić information content (AvgIpc) is 3.31. The number of carbonyl (C=O) groups is 1. The molecule has 0 bridgehead atoms. The number of nitrogens with one attached hydrogen (secondary N) is 1. The molecule has 1 atom stereocenters. The fraction of sp³-hybridized carbons (Fsp3) is 0.167. The van der Waals surface area contributed by atoms with Crippen molar-refractivity contribution in [1.82, 2.24) is 34.7 Å². The summed E-state index contributed by atoms with van der Waals surface area (Å²) < 4.78 is 3.34. The lowest BCUT2D eigenvalue weighted by molar-refractivity contribution is -0.121. The summed E-state index contributed by atoms with van der Waals surface area (Å²) in [6.45, 7) is 1.93. The third-order valence-electron chi connectivity index (χ3n) is 4.05. The van der Waals surface area contributed by atoms with Crippen LogP contribution >= 0.6 is 0 Å². The maximum Gasteiger partial charge on any atom is 0.252 e. The zero-order valence-corrected chi connectivity index (χ0v) is 14.1. The van der Waals surface area contributed by atoms with Crippen molar-refractivity contribution in [2.45, 2.75) is 19.4 Å². The van der Waals surface area contributed by atoms with Crippen LogP contribution in [-0.2, 0) is 11.2 Å². The molecule has 130 valence electrons. The van der Waals surface area contributed by atoms with Gasteiger partial charge >= 0.3 is 0 Å². The first-order chi connectivity index (χ1) is 12.7. The number of nitrogens with zero attached hydrogens (tertiary/aromatic N) is 6. The molecular weight excluding hydrogens is 330 g/mol. The van der Waals surface area contributed by atoms with Crippen LogP contribution in [-0.4, -0.2) is 35.3 Å². The summed E-state index contributed by atoms with van der Waals surface area (Å²) in [5.41, 5.74) is 2.68. The number of amides is 1. The van der Waals surface area contributed by atoms with E-state index in [0.29, 0.717) is 5.78 Å². The van der Waals surface area contributed by atoms with Crippen LogP contribution in [0, 0.1) is 0 Å². The van der Waals surface area contributed by atoms with Gasteiger partial charge in [0.2, 0.25) is 5.91 Å². The third-order valence-corrected chi connectivity index (χ3v) is 4.05. The molecule has 4 aromatic rings. The number of fused-ring (bicyclic) bond motifs is 1. The van der Waals surface area contributed by atoms with Crippen molar-refractivity contribution in [3.05, 3.63) is 72.6 Å². The summed E-state index contributed by atoms with van der Waals surface area (Å²) >= 11 is 0. The molecule has 0 saturated heterocycles. The highest BCUT2D eigenvalue weighted by Gasteiger charge is 2.13. The van der Waals surface area contributed by atoms with Gasteiger partial charge in [-0.05, 0) is 24.6 Å². The maximum atomic E-state index is 12.3. The van der Waals surface area contributed by atoms with E-state index in [9.17, 15) is 4.79 Å². The molecule has 0 aliphatic carbocycles. The van der Waals surface area contributed by atoms with Gasteiger partial charge in [-0.3, -0.25) is 4.79 Å². The van der Waals surface area contributed by atoms with Gasteiger partial charge in [0.1, 0.15) is 6.33 Å². The van der Waals surface area contributed by atoms with Gasteiger partial charge in [0, 0.05) is 24.2 Å². The summed E-state index contributed by atoms with van der Waals surface area (Å²) in [7, 11) is 0. The molecule has 3 heterocycles. The molecule has 4 rings (SSSR count). The van der Waals surface area contributed by atoms with Crippen molar-refractivity contribution in [2.75, 3.05) is 0 Å². The number of aromatic nitrogens is 6. The normalized spacial score (nSPS) is 12.2. The number of hydrogen-bond acceptors (Lipinski definition) is 5. The predicted octanol–water partition coefficient (Wildman–Crippen LogP) is 1.73. The van der Waals surface area contributed by atoms with E-state index in [1.54, 1.807) is 27.8 Å². The van der Waals surface area contributed by atoms with Crippen molar-refractivity contribution in [1.29, 1.82) is 0 Å². The Balaban J connectivity index is 1.41. The fourth-order valence-electron chi connectivity index (χ4n) is 2.69. The molecule has 1 aromatic carbocycles. The summed E-state index contributed by atoms with van der Waals surface area (Å²) in [5, 5.41) is 11.4. The summed E-state index contributed by atoms with van der Waals surface area (Å²) in [5.74, 6) is 0.419. The second kappa shape index (κ2) is 6.75. The van der Waals surface area contributed by atoms with E-state index >= 15 is 0 Å². The minimum absolute atomic E-state index is 0.0915. The number of carbonyl (C=O) groups excluding carboxylic acids is 1. The standard InChI is InChI=1S/C18H17N7O/c1-13(15-9-21-24(11-15)16-5-3-2-4-6-16)23-17(26)7-14-8-19-18-20-12-22-25(18)10-14/h2-6,8-13H,7H2,1H3,(H,23,26)/t13-/m0/s1. The van der Waals surface area contributed by atoms with Gasteiger partial charge in [-0.1, -0.05) is 18.2 Å². The molecule has 0 saturated carbocycles. The lowest BCUT2D eigenvalue weighted by atomic mass is 10.1. The monoisotopic (exact) mass is 347 g/mol. The zero-order valence-electron chi connectivity index (χ0n) is 14.1. The van der Waals surface area contributed by atoms with Crippen LogP contribution in [0.2, 0.25) is 0 Å². The van der Waals surface area contributed by atoms with E-state index in [4.69, 9.17) is 0 Å². The predicted molar refractivity (Wildman–Crippen MR) is 94.6 cm³/mol. The van der Waals surface area contributed by atoms with E-state index in [1.165, 1.54) is 6.33 Å². The quantitative estimate of drug-likeness (QED) is 0.594. The van der Waals surface area contributed by atoms with Crippen molar-refractivity contribution < 1.29 is 4.79 Å². The highest BCUT2D eigenvalue weighted by molar-refractivity contribution is 5.78. The first-order valence-electron chi connectivity index (χ1n) is 8.22. The number of benzene rings is 1. The highest BCUT2D eigenvalue weighted by Crippen LogP contribution is 2.14. The smallest absolute Gasteiger partial charge is 0.252 e. The van der Waals surface area contributed by atoms with Crippen LogP contribution in [0.3, 0.4) is 0 Å². The molecule has 0 radical (unpaired) electrons. The molecule has 1 amide bonds. The minimum Gasteiger partial charge on any atom is -0.349 e. The number of rotatable bonds is 5. The van der Waals surface area contributed by atoms with E-state index in [1.807, 2.05) is 43.5 Å². The van der Waals surface area contributed by atoms with Crippen LogP contribution in [0.5, 0.6) is 0 Å². The van der Waals surface area contributed by atoms with Crippen molar-refractivity contribution in [3.8, 4) is 5.69 Å². The summed E-state index contributed by atoms with van der Waals surface area (Å²) in [6.07, 6.45) is 8.73. The average molecular weight is 347 g/mol. The number of para-hydroxylation sites is 1. The Kier molecular flexibility index (Phi) is 4.14. The minimum atomic E-state index is -0.150. The van der Waals surface area contributed by atoms with E-state index in [0.717, 1.165) is 16.8 Å². The maximum absolute atomic E-state index is 12.3. The largest absolute Gasteiger partial charge is 0.349 e. The summed E-state index contributed by atoms with van der Waals surface area (Å²) in [4.78, 5) is 20.5. The first-order valence-corrected chi connectivity index (χ1v) is 8.22. The molecule has 0 fully saturated rings. The molecule has 0 aliphatic rings. The van der Waals surface area contributed by atoms with Crippen LogP contribution in [0.25, 0.3) is 11.5 Å². The van der Waals surface area contributed by atoms with Gasteiger partial charge in [0.25, 0.3) is 5.78 Å². The molecular formula is C18H17N7O. The Labute approximate surface area is 149 Å². The SMILES string of the molecule is C[C@H](NC(=O)Cc1cnc2ncnn2c1)c1cnn(-c2ccccc2)c1. The van der Waals surface area contributed by atoms with Gasteiger partial charge in [-0.15, -0.1) is 0 Å². The fourth-order valence-corrected chi connectivity index (χ4v) is 2.69. The zero-order chi connectivity index (χ0) is 17.9. The van der Waals surface area contributed by atoms with Crippen LogP contribution < -0.4 is 5.32 Å². The number of hydrogen-bond donors (Lipinski definition) is 1. The lowest BCUT2D eigenvalue weighted by Gasteiger charge is -2.12. The van der Waals surface area contributed by atoms with Gasteiger partial charge in [0.15, 0.2) is 0 Å². The molecule has 3 aromatic heterocycles. The van der Waals surface area contributed by atoms with Gasteiger partial charge in [-0.2, -0.15) is 15.2 Å². The molecule has 1 N–H and O–H groups in total. The Hall–Kier alpha value is -3.55. The first kappa shape index (κ1) is 15.9. The lowest BCUT2D eigenvalue weighted by Crippen LogP contribution is -2.28. The van der Waals surface area contributed by atoms with Crippen molar-refractivity contribution in [3.63, 3.8) is 0 Å². The Morgan fingerprint density at radius 2 is 1.96 bits per heavy atom. The molecule has 8 heteroatoms. The second-order valence-electron chi connectivity index (χ2n) is 5.99. The van der Waals surface area contributed by atoms with E-state index in [2.05, 4.69) is 25.5 Å². The van der Waals surface area contributed by atoms with Gasteiger partial charge in [-0.25, -0.2) is 14.2 Å². The Morgan fingerprint density at radius 3 is 2.81 bits per heavy atom. The van der Waals surface area contributed by atoms with Crippen LogP contribution in [0.4, 0.5) is 0 Å². The molecule has 26 heavy (non-hydrogen) atoms. The topological polar surface area (TPSA) is 90.0 Å². The van der Waals surface area contributed by atoms with E-state index < -0.39 is 0 Å². The molecule has 0 aliphatic heterocycles. The summed E-state index contributed by atoms with van der Waals surface area (Å²) in [6, 6.07) is 9.69. The molecule has 0 spiro atoms. The van der Waals surface area contributed by atoms with Crippen molar-refractivity contribution >= 4 is 11.7 Å². The molecule has 8 nitrogen and oxygen atoms in total. The Morgan fingerprint density at radius 1 is 1.12 bits per heavy atom. The van der Waals surface area contributed by atoms with Gasteiger partial charge in [0.05, 0.1) is 24.3 Å². The third kappa shape index (κ3) is 3.30. The van der Waals surface area contributed by atoms with Crippen LogP contribution in [0.15, 0.2) is 61.4 Å². The second-order valence-corrected chi connectivity index (χ2v) is 5.99. The van der Waals surface area contributed by atoms with E-state index in [-0.39, 0.29) is 18.4 Å². The highest BCUT2D eigenvalue weighted by atomic mass is 16.1. The van der Waals surface area contributed by atoms with Crippen molar-refractivity contribution in [2.24, 2.45) is 0 Å². The molecule has 0 unspecified atom stereocenters. The van der Waals surface area contributed by atoms with Gasteiger partial charge < -0.3 is 5.32 Å². The van der Waals surface area contributed by atoms with Crippen LogP contribution in [0.1, 0.15) is 24.1 Å². The Bertz CT molecular complexity index is 1040.